The summed E-state index contributed by atoms with van der Waals surface area (Å²) in [5, 5.41) is 12.0. The molecule has 1 aliphatic heterocycles. The molecule has 3 rings (SSSR count). The molecule has 1 aromatic carbocycles. The number of hydrogen-bond acceptors (Lipinski definition) is 4. The lowest BCUT2D eigenvalue weighted by Gasteiger charge is -2.19. The lowest BCUT2D eigenvalue weighted by atomic mass is 9.98. The second kappa shape index (κ2) is 7.94. The summed E-state index contributed by atoms with van der Waals surface area (Å²) in [6, 6.07) is 6.21. The van der Waals surface area contributed by atoms with Crippen LogP contribution in [0.5, 0.6) is 5.75 Å². The Labute approximate surface area is 141 Å². The van der Waals surface area contributed by atoms with Crippen LogP contribution in [0.2, 0.25) is 0 Å². The number of nitrogens with one attached hydrogen (secondary N) is 1. The first-order valence-corrected chi connectivity index (χ1v) is 8.66. The Morgan fingerprint density at radius 2 is 2.04 bits per heavy atom. The molecule has 0 aromatic heterocycles. The van der Waals surface area contributed by atoms with Crippen LogP contribution >= 0.6 is 0 Å². The summed E-state index contributed by atoms with van der Waals surface area (Å²) in [5.74, 6) is 1.54. The lowest BCUT2D eigenvalue weighted by molar-refractivity contribution is -0.122. The predicted molar refractivity (Wildman–Crippen MR) is 88.2 cm³/mol. The largest absolute Gasteiger partial charge is 0.492 e. The fourth-order valence-electron chi connectivity index (χ4n) is 3.45. The Balaban J connectivity index is 1.46. The van der Waals surface area contributed by atoms with E-state index in [2.05, 4.69) is 10.2 Å². The molecule has 0 spiro atoms. The van der Waals surface area contributed by atoms with Crippen LogP contribution in [0.3, 0.4) is 0 Å². The fourth-order valence-corrected chi connectivity index (χ4v) is 3.45. The molecule has 6 heteroatoms. The highest BCUT2D eigenvalue weighted by molar-refractivity contribution is 5.76. The van der Waals surface area contributed by atoms with Gasteiger partial charge >= 0.3 is 0 Å². The lowest BCUT2D eigenvalue weighted by Crippen LogP contribution is -2.41. The molecular weight excluding hydrogens is 311 g/mol. The van der Waals surface area contributed by atoms with E-state index in [1.807, 2.05) is 0 Å². The highest BCUT2D eigenvalue weighted by Gasteiger charge is 2.42. The molecule has 132 valence electrons. The standard InChI is InChI=1S/C18H25FN2O3/c19-14-3-5-15(6-4-14)24-10-8-21-11-16(13-1-2-13)17(12-21)20-18(23)7-9-22/h3-6,13,16-17,22H,1-2,7-12H2,(H,20,23)/t16-,17+/m0/s1. The average Bonchev–Trinajstić information content (AvgIpc) is 3.32. The molecule has 24 heavy (non-hydrogen) atoms. The van der Waals surface area contributed by atoms with Crippen molar-refractivity contribution in [2.45, 2.75) is 25.3 Å². The van der Waals surface area contributed by atoms with E-state index in [0.717, 1.165) is 19.6 Å². The summed E-state index contributed by atoms with van der Waals surface area (Å²) >= 11 is 0. The quantitative estimate of drug-likeness (QED) is 0.754. The fraction of sp³-hybridized carbons (Fsp3) is 0.611. The predicted octanol–water partition coefficient (Wildman–Crippen LogP) is 1.41. The number of benzene rings is 1. The van der Waals surface area contributed by atoms with E-state index in [1.54, 1.807) is 12.1 Å². The van der Waals surface area contributed by atoms with E-state index in [-0.39, 0.29) is 30.8 Å². The van der Waals surface area contributed by atoms with Crippen molar-refractivity contribution >= 4 is 5.91 Å². The third-order valence-corrected chi connectivity index (χ3v) is 4.84. The molecule has 1 saturated heterocycles. The van der Waals surface area contributed by atoms with Crippen molar-refractivity contribution in [2.75, 3.05) is 32.8 Å². The third-order valence-electron chi connectivity index (χ3n) is 4.84. The molecule has 0 bridgehead atoms. The van der Waals surface area contributed by atoms with Crippen molar-refractivity contribution < 1.29 is 19.0 Å². The Bertz CT molecular complexity index is 548. The first-order valence-electron chi connectivity index (χ1n) is 8.66. The van der Waals surface area contributed by atoms with Crippen molar-refractivity contribution in [3.05, 3.63) is 30.1 Å². The molecule has 0 radical (unpaired) electrons. The van der Waals surface area contributed by atoms with E-state index in [9.17, 15) is 9.18 Å². The average molecular weight is 336 g/mol. The molecule has 2 atom stereocenters. The molecule has 2 N–H and O–H groups in total. The summed E-state index contributed by atoms with van der Waals surface area (Å²) in [4.78, 5) is 14.1. The Kier molecular flexibility index (Phi) is 5.68. The number of likely N-dealkylation sites (tertiary alicyclic amines) is 1. The van der Waals surface area contributed by atoms with Gasteiger partial charge in [-0.15, -0.1) is 0 Å². The van der Waals surface area contributed by atoms with Crippen molar-refractivity contribution in [3.63, 3.8) is 0 Å². The van der Waals surface area contributed by atoms with E-state index >= 15 is 0 Å². The smallest absolute Gasteiger partial charge is 0.222 e. The molecule has 2 fully saturated rings. The van der Waals surface area contributed by atoms with Crippen LogP contribution in [0.1, 0.15) is 19.3 Å². The molecule has 2 aliphatic rings. The highest BCUT2D eigenvalue weighted by Crippen LogP contribution is 2.41. The van der Waals surface area contributed by atoms with Gasteiger partial charge in [0.05, 0.1) is 6.61 Å². The Hall–Kier alpha value is -1.66. The molecular formula is C18H25FN2O3. The van der Waals surface area contributed by atoms with Crippen molar-refractivity contribution in [2.24, 2.45) is 11.8 Å². The first kappa shape index (κ1) is 17.2. The number of nitrogens with zero attached hydrogens (tertiary/aromatic N) is 1. The van der Waals surface area contributed by atoms with Crippen LogP contribution in [0.4, 0.5) is 4.39 Å². The van der Waals surface area contributed by atoms with Crippen LogP contribution < -0.4 is 10.1 Å². The zero-order chi connectivity index (χ0) is 16.9. The van der Waals surface area contributed by atoms with Gasteiger partial charge in [0.2, 0.25) is 5.91 Å². The molecule has 1 saturated carbocycles. The van der Waals surface area contributed by atoms with Crippen LogP contribution in [-0.4, -0.2) is 54.8 Å². The van der Waals surface area contributed by atoms with Gasteiger partial charge in [-0.25, -0.2) is 4.39 Å². The molecule has 5 nitrogen and oxygen atoms in total. The van der Waals surface area contributed by atoms with Crippen molar-refractivity contribution in [1.29, 1.82) is 0 Å². The van der Waals surface area contributed by atoms with Gasteiger partial charge in [-0.1, -0.05) is 0 Å². The minimum atomic E-state index is -0.268. The minimum absolute atomic E-state index is 0.0717. The van der Waals surface area contributed by atoms with Gasteiger partial charge in [-0.2, -0.15) is 0 Å². The van der Waals surface area contributed by atoms with E-state index in [0.29, 0.717) is 24.2 Å². The van der Waals surface area contributed by atoms with E-state index in [1.165, 1.54) is 25.0 Å². The molecule has 0 unspecified atom stereocenters. The number of hydrogen-bond donors (Lipinski definition) is 2. The summed E-state index contributed by atoms with van der Waals surface area (Å²) in [6.45, 7) is 3.02. The number of ether oxygens (including phenoxy) is 1. The summed E-state index contributed by atoms with van der Waals surface area (Å²) in [6.07, 6.45) is 2.66. The van der Waals surface area contributed by atoms with Crippen LogP contribution in [0.25, 0.3) is 0 Å². The van der Waals surface area contributed by atoms with E-state index < -0.39 is 0 Å². The number of aliphatic hydroxyl groups excluding tert-OH is 1. The maximum Gasteiger partial charge on any atom is 0.222 e. The van der Waals surface area contributed by atoms with Crippen molar-refractivity contribution in [1.82, 2.24) is 10.2 Å². The summed E-state index contributed by atoms with van der Waals surface area (Å²) in [5.41, 5.74) is 0. The molecule has 1 heterocycles. The van der Waals surface area contributed by atoms with Gasteiger partial charge < -0.3 is 15.2 Å². The number of amides is 1. The second-order valence-corrected chi connectivity index (χ2v) is 6.71. The first-order chi connectivity index (χ1) is 11.7. The zero-order valence-corrected chi connectivity index (χ0v) is 13.8. The monoisotopic (exact) mass is 336 g/mol. The number of carbonyl (C=O) groups is 1. The number of carbonyl (C=O) groups excluding carboxylic acids is 1. The second-order valence-electron chi connectivity index (χ2n) is 6.71. The van der Waals surface area contributed by atoms with Crippen molar-refractivity contribution in [3.8, 4) is 5.75 Å². The number of aliphatic hydroxyl groups is 1. The maximum absolute atomic E-state index is 12.9. The maximum atomic E-state index is 12.9. The van der Waals surface area contributed by atoms with Crippen LogP contribution in [0, 0.1) is 17.7 Å². The van der Waals surface area contributed by atoms with Gasteiger partial charge in [0, 0.05) is 32.1 Å². The molecule has 1 amide bonds. The van der Waals surface area contributed by atoms with Gasteiger partial charge in [0.15, 0.2) is 0 Å². The van der Waals surface area contributed by atoms with Gasteiger partial charge in [-0.05, 0) is 48.9 Å². The Morgan fingerprint density at radius 1 is 1.29 bits per heavy atom. The molecule has 1 aromatic rings. The van der Waals surface area contributed by atoms with Crippen LogP contribution in [0.15, 0.2) is 24.3 Å². The third kappa shape index (κ3) is 4.68. The van der Waals surface area contributed by atoms with Gasteiger partial charge in [-0.3, -0.25) is 9.69 Å². The summed E-state index contributed by atoms with van der Waals surface area (Å²) in [7, 11) is 0. The SMILES string of the molecule is O=C(CCO)N[C@@H]1CN(CCOc2ccc(F)cc2)C[C@H]1C1CC1. The number of rotatable bonds is 8. The highest BCUT2D eigenvalue weighted by atomic mass is 19.1. The topological polar surface area (TPSA) is 61.8 Å². The van der Waals surface area contributed by atoms with Crippen LogP contribution in [-0.2, 0) is 4.79 Å². The zero-order valence-electron chi connectivity index (χ0n) is 13.8. The normalized spacial score (nSPS) is 24.1. The Morgan fingerprint density at radius 3 is 2.71 bits per heavy atom. The number of halogens is 1. The molecule has 1 aliphatic carbocycles. The minimum Gasteiger partial charge on any atom is -0.492 e. The van der Waals surface area contributed by atoms with E-state index in [4.69, 9.17) is 9.84 Å². The van der Waals surface area contributed by atoms with Gasteiger partial charge in [0.1, 0.15) is 18.2 Å². The van der Waals surface area contributed by atoms with Gasteiger partial charge in [0.25, 0.3) is 0 Å². The summed E-state index contributed by atoms with van der Waals surface area (Å²) < 4.78 is 18.5.